The first-order chi connectivity index (χ1) is 12.6. The molecule has 1 aromatic carbocycles. The molecule has 2 aliphatic heterocycles. The average Bonchev–Trinajstić information content (AvgIpc) is 2.81. The molecule has 2 aromatic rings. The van der Waals surface area contributed by atoms with Gasteiger partial charge in [0, 0.05) is 25.3 Å². The Kier molecular flexibility index (Phi) is 3.91. The van der Waals surface area contributed by atoms with Gasteiger partial charge in [0.1, 0.15) is 5.82 Å². The van der Waals surface area contributed by atoms with Crippen LogP contribution in [0.3, 0.4) is 0 Å². The molecule has 27 heavy (non-hydrogen) atoms. The highest BCUT2D eigenvalue weighted by atomic mass is 32.2. The van der Waals surface area contributed by atoms with Gasteiger partial charge in [0.15, 0.2) is 0 Å². The van der Waals surface area contributed by atoms with E-state index >= 15 is 0 Å². The fourth-order valence-electron chi connectivity index (χ4n) is 4.03. The highest BCUT2D eigenvalue weighted by Gasteiger charge is 2.52. The number of rotatable bonds is 2. The zero-order valence-corrected chi connectivity index (χ0v) is 16.2. The van der Waals surface area contributed by atoms with Crippen molar-refractivity contribution in [2.45, 2.75) is 31.2 Å². The summed E-state index contributed by atoms with van der Waals surface area (Å²) < 4.78 is 41.2. The third-order valence-corrected chi connectivity index (χ3v) is 7.43. The van der Waals surface area contributed by atoms with Crippen molar-refractivity contribution in [3.63, 3.8) is 0 Å². The van der Waals surface area contributed by atoms with Crippen molar-refractivity contribution in [3.8, 4) is 0 Å². The Morgan fingerprint density at radius 1 is 1.15 bits per heavy atom. The lowest BCUT2D eigenvalue weighted by Crippen LogP contribution is -2.58. The van der Waals surface area contributed by atoms with Crippen molar-refractivity contribution >= 4 is 15.9 Å². The van der Waals surface area contributed by atoms with E-state index in [1.54, 1.807) is 24.0 Å². The summed E-state index contributed by atoms with van der Waals surface area (Å²) in [6, 6.07) is 7.20. The van der Waals surface area contributed by atoms with Crippen molar-refractivity contribution < 1.29 is 17.6 Å². The lowest BCUT2D eigenvalue weighted by Gasteiger charge is -2.44. The predicted octanol–water partition coefficient (Wildman–Crippen LogP) is 2.21. The van der Waals surface area contributed by atoms with Gasteiger partial charge in [-0.3, -0.25) is 9.78 Å². The average molecular weight is 389 g/mol. The van der Waals surface area contributed by atoms with E-state index in [1.165, 1.54) is 16.4 Å². The minimum absolute atomic E-state index is 0.0858. The van der Waals surface area contributed by atoms with Crippen LogP contribution in [0.15, 0.2) is 35.2 Å². The van der Waals surface area contributed by atoms with E-state index < -0.39 is 21.4 Å². The number of aryl methyl sites for hydroxylation is 2. The van der Waals surface area contributed by atoms with Crippen LogP contribution in [0.4, 0.5) is 4.39 Å². The van der Waals surface area contributed by atoms with E-state index in [4.69, 9.17) is 0 Å². The third kappa shape index (κ3) is 2.58. The van der Waals surface area contributed by atoms with Gasteiger partial charge in [0.05, 0.1) is 21.7 Å². The van der Waals surface area contributed by atoms with E-state index in [0.29, 0.717) is 16.8 Å². The zero-order chi connectivity index (χ0) is 19.6. The molecule has 3 heterocycles. The largest absolute Gasteiger partial charge is 0.325 e. The van der Waals surface area contributed by atoms with Crippen molar-refractivity contribution in [1.29, 1.82) is 0 Å². The monoisotopic (exact) mass is 389 g/mol. The van der Waals surface area contributed by atoms with Gasteiger partial charge in [0.2, 0.25) is 10.0 Å². The molecule has 0 aliphatic carbocycles. The van der Waals surface area contributed by atoms with Crippen LogP contribution >= 0.6 is 0 Å². The number of carbonyl (C=O) groups excluding carboxylic acids is 1. The van der Waals surface area contributed by atoms with E-state index in [2.05, 4.69) is 4.98 Å². The summed E-state index contributed by atoms with van der Waals surface area (Å²) in [5, 5.41) is 0. The molecule has 1 saturated heterocycles. The standard InChI is InChI=1S/C19H20FN3O3S/c1-12-10-14(20)5-7-16(12)27(25,26)22-8-9-23-18(24)15-6-4-13(2)21-17(15)19(23,3)11-22/h4-7,10H,8-9,11H2,1-3H3. The maximum absolute atomic E-state index is 13.4. The van der Waals surface area contributed by atoms with E-state index in [9.17, 15) is 17.6 Å². The number of hydrogen-bond acceptors (Lipinski definition) is 4. The predicted molar refractivity (Wildman–Crippen MR) is 97.3 cm³/mol. The lowest BCUT2D eigenvalue weighted by molar-refractivity contribution is 0.0365. The fourth-order valence-corrected chi connectivity index (χ4v) is 5.75. The molecule has 8 heteroatoms. The number of pyridine rings is 1. The van der Waals surface area contributed by atoms with Crippen molar-refractivity contribution in [3.05, 3.63) is 58.7 Å². The second kappa shape index (κ2) is 5.84. The molecule has 0 spiro atoms. The maximum Gasteiger partial charge on any atom is 0.256 e. The van der Waals surface area contributed by atoms with Gasteiger partial charge >= 0.3 is 0 Å². The molecule has 1 atom stereocenters. The Hall–Kier alpha value is -2.32. The van der Waals surface area contributed by atoms with Gasteiger partial charge in [-0.1, -0.05) is 0 Å². The topological polar surface area (TPSA) is 70.6 Å². The molecule has 0 saturated carbocycles. The molecule has 4 rings (SSSR count). The Bertz CT molecular complexity index is 1070. The number of aromatic nitrogens is 1. The Morgan fingerprint density at radius 2 is 1.89 bits per heavy atom. The number of fused-ring (bicyclic) bond motifs is 3. The highest BCUT2D eigenvalue weighted by molar-refractivity contribution is 7.89. The molecule has 1 fully saturated rings. The van der Waals surface area contributed by atoms with Gasteiger partial charge in [0.25, 0.3) is 5.91 Å². The number of benzene rings is 1. The van der Waals surface area contributed by atoms with Crippen molar-refractivity contribution in [2.75, 3.05) is 19.6 Å². The summed E-state index contributed by atoms with van der Waals surface area (Å²) >= 11 is 0. The third-order valence-electron chi connectivity index (χ3n) is 5.43. The maximum atomic E-state index is 13.4. The van der Waals surface area contributed by atoms with E-state index in [0.717, 1.165) is 11.8 Å². The first-order valence-corrected chi connectivity index (χ1v) is 10.1. The molecule has 0 N–H and O–H groups in total. The Labute approximate surface area is 157 Å². The van der Waals surface area contributed by atoms with Crippen LogP contribution in [0.2, 0.25) is 0 Å². The van der Waals surface area contributed by atoms with Crippen LogP contribution < -0.4 is 0 Å². The normalized spacial score (nSPS) is 22.7. The van der Waals surface area contributed by atoms with Crippen molar-refractivity contribution in [1.82, 2.24) is 14.2 Å². The molecule has 1 aromatic heterocycles. The number of nitrogens with zero attached hydrogens (tertiary/aromatic N) is 3. The fraction of sp³-hybridized carbons (Fsp3) is 0.368. The van der Waals surface area contributed by atoms with E-state index in [1.807, 2.05) is 13.8 Å². The van der Waals surface area contributed by atoms with Crippen LogP contribution in [-0.4, -0.2) is 48.1 Å². The Balaban J connectivity index is 1.76. The summed E-state index contributed by atoms with van der Waals surface area (Å²) in [7, 11) is -3.82. The number of halogens is 1. The van der Waals surface area contributed by atoms with Crippen LogP contribution in [-0.2, 0) is 15.6 Å². The second-order valence-corrected chi connectivity index (χ2v) is 9.23. The second-order valence-electron chi connectivity index (χ2n) is 7.33. The first-order valence-electron chi connectivity index (χ1n) is 8.71. The molecule has 1 unspecified atom stereocenters. The van der Waals surface area contributed by atoms with Crippen LogP contribution in [0.5, 0.6) is 0 Å². The number of piperazine rings is 1. The smallest absolute Gasteiger partial charge is 0.256 e. The van der Waals surface area contributed by atoms with Gasteiger partial charge in [-0.2, -0.15) is 4.31 Å². The molecule has 2 aliphatic rings. The number of carbonyl (C=O) groups is 1. The molecule has 0 bridgehead atoms. The van der Waals surface area contributed by atoms with Gasteiger partial charge < -0.3 is 4.90 Å². The molecule has 0 radical (unpaired) electrons. The number of sulfonamides is 1. The minimum Gasteiger partial charge on any atom is -0.325 e. The van der Waals surface area contributed by atoms with Crippen LogP contribution in [0.25, 0.3) is 0 Å². The molecule has 142 valence electrons. The van der Waals surface area contributed by atoms with Crippen LogP contribution in [0.1, 0.15) is 34.2 Å². The Morgan fingerprint density at radius 3 is 2.59 bits per heavy atom. The van der Waals surface area contributed by atoms with Crippen molar-refractivity contribution in [2.24, 2.45) is 0 Å². The van der Waals surface area contributed by atoms with Gasteiger partial charge in [-0.05, 0) is 56.7 Å². The number of amides is 1. The van der Waals surface area contributed by atoms with Gasteiger partial charge in [-0.15, -0.1) is 0 Å². The minimum atomic E-state index is -3.82. The molecular formula is C19H20FN3O3S. The molecule has 6 nitrogen and oxygen atoms in total. The summed E-state index contributed by atoms with van der Waals surface area (Å²) in [6.07, 6.45) is 0. The summed E-state index contributed by atoms with van der Waals surface area (Å²) in [6.45, 7) is 5.85. The molecule has 1 amide bonds. The first kappa shape index (κ1) is 18.1. The summed E-state index contributed by atoms with van der Waals surface area (Å²) in [4.78, 5) is 19.1. The SMILES string of the molecule is Cc1ccc2c(n1)C1(C)CN(S(=O)(=O)c3ccc(F)cc3C)CCN1C2=O. The summed E-state index contributed by atoms with van der Waals surface area (Å²) in [5.74, 6) is -0.590. The highest BCUT2D eigenvalue weighted by Crippen LogP contribution is 2.41. The number of hydrogen-bond donors (Lipinski definition) is 0. The molecular weight excluding hydrogens is 369 g/mol. The zero-order valence-electron chi connectivity index (χ0n) is 15.4. The van der Waals surface area contributed by atoms with Gasteiger partial charge in [-0.25, -0.2) is 12.8 Å². The van der Waals surface area contributed by atoms with E-state index in [-0.39, 0.29) is 30.4 Å². The van der Waals surface area contributed by atoms with Crippen LogP contribution in [0, 0.1) is 19.7 Å². The quantitative estimate of drug-likeness (QED) is 0.790. The lowest BCUT2D eigenvalue weighted by atomic mass is 9.95. The summed E-state index contributed by atoms with van der Waals surface area (Å²) in [5.41, 5.74) is 1.46.